The van der Waals surface area contributed by atoms with Crippen molar-refractivity contribution in [1.82, 2.24) is 9.97 Å². The first-order valence-electron chi connectivity index (χ1n) is 10.5. The number of aromatic nitrogens is 2. The number of nitrogens with zero attached hydrogens (tertiary/aromatic N) is 3. The van der Waals surface area contributed by atoms with Crippen LogP contribution in [0.15, 0.2) is 54.6 Å². The first kappa shape index (κ1) is 22.1. The minimum Gasteiger partial charge on any atom is -0.410 e. The normalized spacial score (nSPS) is 13.6. The maximum absolute atomic E-state index is 12.3. The molecule has 1 aliphatic heterocycles. The molecule has 1 aromatic heterocycles. The van der Waals surface area contributed by atoms with Crippen molar-refractivity contribution < 1.29 is 14.3 Å². The number of thiol groups is 1. The quantitative estimate of drug-likeness (QED) is 0.453. The summed E-state index contributed by atoms with van der Waals surface area (Å²) in [4.78, 5) is 24.1. The molecular formula is C24H27N4O3S+. The summed E-state index contributed by atoms with van der Waals surface area (Å²) in [6.07, 6.45) is 1.59. The number of nitrogens with one attached hydrogen (secondary N) is 1. The lowest BCUT2D eigenvalue weighted by molar-refractivity contribution is 0.122. The topological polar surface area (TPSA) is 76.6 Å². The molecule has 8 heteroatoms. The van der Waals surface area contributed by atoms with Crippen molar-refractivity contribution in [2.75, 3.05) is 42.8 Å². The van der Waals surface area contributed by atoms with Gasteiger partial charge in [-0.05, 0) is 54.6 Å². The number of anilines is 2. The number of para-hydroxylation sites is 1. The van der Waals surface area contributed by atoms with E-state index in [1.165, 1.54) is 11.8 Å². The number of carbonyl (C=O) groups excluding carboxylic acids is 1. The largest absolute Gasteiger partial charge is 0.417 e. The second kappa shape index (κ2) is 10.5. The third-order valence-corrected chi connectivity index (χ3v) is 5.74. The molecule has 2 aromatic carbocycles. The van der Waals surface area contributed by atoms with Crippen LogP contribution in [-0.4, -0.2) is 48.6 Å². The first-order valence-corrected chi connectivity index (χ1v) is 12.1. The molecule has 2 heterocycles. The van der Waals surface area contributed by atoms with E-state index in [4.69, 9.17) is 19.4 Å². The van der Waals surface area contributed by atoms with Crippen molar-refractivity contribution in [2.45, 2.75) is 12.7 Å². The maximum Gasteiger partial charge on any atom is 0.417 e. The number of aryl methyl sites for hydroxylation is 1. The molecule has 0 aliphatic carbocycles. The fourth-order valence-corrected chi connectivity index (χ4v) is 3.97. The molecule has 1 saturated heterocycles. The Hall–Kier alpha value is -3.10. The van der Waals surface area contributed by atoms with Gasteiger partial charge in [0.2, 0.25) is 0 Å². The average molecular weight is 452 g/mol. The second-order valence-electron chi connectivity index (χ2n) is 7.47. The number of rotatable bonds is 6. The molecule has 0 unspecified atom stereocenters. The highest BCUT2D eigenvalue weighted by Crippen LogP contribution is 2.26. The lowest BCUT2D eigenvalue weighted by Gasteiger charge is -2.28. The number of hydrogen-bond acceptors (Lipinski definition) is 6. The Labute approximate surface area is 192 Å². The van der Waals surface area contributed by atoms with Gasteiger partial charge in [-0.15, -0.1) is 0 Å². The molecule has 0 saturated carbocycles. The molecule has 0 atom stereocenters. The molecule has 7 nitrogen and oxygen atoms in total. The number of carbonyl (C=O) groups is 1. The Morgan fingerprint density at radius 3 is 2.62 bits per heavy atom. The van der Waals surface area contributed by atoms with Gasteiger partial charge in [0.25, 0.3) is 0 Å². The highest BCUT2D eigenvalue weighted by atomic mass is 32.2. The highest BCUT2D eigenvalue weighted by Gasteiger charge is 2.17. The second-order valence-corrected chi connectivity index (χ2v) is 8.42. The summed E-state index contributed by atoms with van der Waals surface area (Å²) in [6.45, 7) is 5.01. The van der Waals surface area contributed by atoms with Gasteiger partial charge in [0.05, 0.1) is 25.2 Å². The minimum atomic E-state index is -0.526. The molecule has 0 bridgehead atoms. The zero-order valence-electron chi connectivity index (χ0n) is 18.2. The van der Waals surface area contributed by atoms with Crippen molar-refractivity contribution in [1.29, 1.82) is 0 Å². The van der Waals surface area contributed by atoms with E-state index in [1.807, 2.05) is 43.3 Å². The van der Waals surface area contributed by atoms with Crippen LogP contribution < -0.4 is 15.0 Å². The van der Waals surface area contributed by atoms with Crippen molar-refractivity contribution in [3.05, 3.63) is 65.9 Å². The summed E-state index contributed by atoms with van der Waals surface area (Å²) >= 11 is 1.26. The summed E-state index contributed by atoms with van der Waals surface area (Å²) in [7, 11) is 0. The van der Waals surface area contributed by atoms with E-state index in [0.29, 0.717) is 30.5 Å². The molecule has 0 radical (unpaired) electrons. The van der Waals surface area contributed by atoms with Crippen LogP contribution in [0.1, 0.15) is 11.3 Å². The van der Waals surface area contributed by atoms with Gasteiger partial charge in [-0.3, -0.25) is 5.32 Å². The van der Waals surface area contributed by atoms with E-state index < -0.39 is 6.09 Å². The van der Waals surface area contributed by atoms with Crippen LogP contribution in [0, 0.1) is 6.92 Å². The Balaban J connectivity index is 1.55. The van der Waals surface area contributed by atoms with Gasteiger partial charge in [0.1, 0.15) is 17.3 Å². The van der Waals surface area contributed by atoms with Gasteiger partial charge >= 0.3 is 6.09 Å². The van der Waals surface area contributed by atoms with Gasteiger partial charge < -0.3 is 14.4 Å². The monoisotopic (exact) mass is 451 g/mol. The molecular weight excluding hydrogens is 424 g/mol. The van der Waals surface area contributed by atoms with Gasteiger partial charge in [0.15, 0.2) is 5.82 Å². The zero-order valence-corrected chi connectivity index (χ0v) is 19.1. The smallest absolute Gasteiger partial charge is 0.410 e. The third-order valence-electron chi connectivity index (χ3n) is 5.10. The van der Waals surface area contributed by atoms with Crippen LogP contribution in [0.4, 0.5) is 16.3 Å². The molecule has 32 heavy (non-hydrogen) atoms. The highest BCUT2D eigenvalue weighted by molar-refractivity contribution is 7.76. The summed E-state index contributed by atoms with van der Waals surface area (Å²) in [5.74, 6) is 2.99. The van der Waals surface area contributed by atoms with Crippen LogP contribution in [0.3, 0.4) is 0 Å². The van der Waals surface area contributed by atoms with Gasteiger partial charge in [-0.2, -0.15) is 0 Å². The predicted octanol–water partition coefficient (Wildman–Crippen LogP) is 3.84. The van der Waals surface area contributed by atoms with Crippen molar-refractivity contribution in [3.8, 4) is 17.1 Å². The molecule has 0 spiro atoms. The van der Waals surface area contributed by atoms with Gasteiger partial charge in [-0.25, -0.2) is 14.8 Å². The van der Waals surface area contributed by atoms with E-state index in [9.17, 15) is 4.79 Å². The van der Waals surface area contributed by atoms with E-state index >= 15 is 0 Å². The zero-order chi connectivity index (χ0) is 22.3. The van der Waals surface area contributed by atoms with E-state index in [2.05, 4.69) is 22.5 Å². The molecule has 1 fully saturated rings. The Morgan fingerprint density at radius 1 is 1.12 bits per heavy atom. The number of ether oxygens (including phenoxy) is 2. The Bertz CT molecular complexity index is 1070. The summed E-state index contributed by atoms with van der Waals surface area (Å²) in [6, 6.07) is 16.8. The number of morpholine rings is 1. The predicted molar refractivity (Wildman–Crippen MR) is 130 cm³/mol. The van der Waals surface area contributed by atoms with Crippen molar-refractivity contribution in [3.63, 3.8) is 0 Å². The van der Waals surface area contributed by atoms with Crippen LogP contribution in [0.25, 0.3) is 11.4 Å². The van der Waals surface area contributed by atoms with Gasteiger partial charge in [0, 0.05) is 30.4 Å². The van der Waals surface area contributed by atoms with Crippen molar-refractivity contribution >= 4 is 29.4 Å². The van der Waals surface area contributed by atoms with E-state index in [1.54, 1.807) is 12.1 Å². The molecule has 1 amide bonds. The lowest BCUT2D eigenvalue weighted by atomic mass is 10.1. The van der Waals surface area contributed by atoms with E-state index in [0.717, 1.165) is 41.5 Å². The summed E-state index contributed by atoms with van der Waals surface area (Å²) in [5, 5.41) is 2.81. The standard InChI is InChI=1S/C24H26N4O3S/c1-17-14-18(8-9-21(17)26-24(29)31-20-6-4-3-5-7-20)23-25-19(16-32-2)15-22(27-23)28-10-12-30-13-11-28/h3-9,14-15H,10-13,16H2,1-2H3,(H,26,29)/p+1. The molecule has 4 rings (SSSR count). The van der Waals surface area contributed by atoms with Crippen LogP contribution in [-0.2, 0) is 22.3 Å². The third kappa shape index (κ3) is 5.57. The number of amides is 1. The van der Waals surface area contributed by atoms with Crippen molar-refractivity contribution in [2.24, 2.45) is 0 Å². The first-order chi connectivity index (χ1) is 15.6. The number of hydrogen-bond donors (Lipinski definition) is 1. The fraction of sp³-hybridized carbons (Fsp3) is 0.292. The minimum absolute atomic E-state index is 0.496. The average Bonchev–Trinajstić information content (AvgIpc) is 2.81. The molecule has 1 aliphatic rings. The maximum atomic E-state index is 12.3. The molecule has 166 valence electrons. The Morgan fingerprint density at radius 2 is 1.91 bits per heavy atom. The SMILES string of the molecule is C[SH+]Cc1cc(N2CCOCC2)nc(-c2ccc(NC(=O)Oc3ccccc3)c(C)c2)n1. The summed E-state index contributed by atoms with van der Waals surface area (Å²) in [5.41, 5.74) is 3.52. The van der Waals surface area contributed by atoms with E-state index in [-0.39, 0.29) is 0 Å². The van der Waals surface area contributed by atoms with Crippen LogP contribution in [0.5, 0.6) is 5.75 Å². The van der Waals surface area contributed by atoms with Crippen LogP contribution in [0.2, 0.25) is 0 Å². The Kier molecular flexibility index (Phi) is 7.24. The summed E-state index contributed by atoms with van der Waals surface area (Å²) < 4.78 is 10.8. The lowest BCUT2D eigenvalue weighted by Crippen LogP contribution is -2.37. The number of benzene rings is 2. The molecule has 3 aromatic rings. The van der Waals surface area contributed by atoms with Gasteiger partial charge in [-0.1, -0.05) is 18.2 Å². The molecule has 1 N–H and O–H groups in total. The fourth-order valence-electron chi connectivity index (χ4n) is 3.48. The van der Waals surface area contributed by atoms with Crippen LogP contribution >= 0.6 is 0 Å².